The predicted molar refractivity (Wildman–Crippen MR) is 76.3 cm³/mol. The number of ether oxygens (including phenoxy) is 2. The van der Waals surface area contributed by atoms with Gasteiger partial charge in [-0.15, -0.1) is 0 Å². The van der Waals surface area contributed by atoms with Crippen molar-refractivity contribution >= 4 is 18.0 Å². The predicted octanol–water partition coefficient (Wildman–Crippen LogP) is 1.78. The number of carbonyl (C=O) groups excluding carboxylic acids is 2. The molecule has 0 heterocycles. The van der Waals surface area contributed by atoms with Crippen LogP contribution in [-0.2, 0) is 14.3 Å². The maximum atomic E-state index is 11.5. The zero-order valence-electron chi connectivity index (χ0n) is 11.7. The van der Waals surface area contributed by atoms with Gasteiger partial charge in [-0.1, -0.05) is 19.1 Å². The number of hydrogen-bond acceptors (Lipinski definition) is 4. The Labute approximate surface area is 118 Å². The molecule has 0 saturated carbocycles. The monoisotopic (exact) mass is 277 g/mol. The third-order valence-corrected chi connectivity index (χ3v) is 2.50. The molecule has 0 spiro atoms. The zero-order chi connectivity index (χ0) is 14.8. The minimum absolute atomic E-state index is 0.189. The molecule has 108 valence electrons. The molecule has 0 aromatic heterocycles. The molecule has 5 heteroatoms. The van der Waals surface area contributed by atoms with Crippen LogP contribution in [0.5, 0.6) is 5.75 Å². The van der Waals surface area contributed by atoms with E-state index in [0.717, 1.165) is 11.3 Å². The fourth-order valence-electron chi connectivity index (χ4n) is 1.39. The molecule has 0 aliphatic rings. The van der Waals surface area contributed by atoms with Crippen molar-refractivity contribution in [3.8, 4) is 5.75 Å². The Balaban J connectivity index is 2.30. The summed E-state index contributed by atoms with van der Waals surface area (Å²) in [6, 6.07) is 7.35. The van der Waals surface area contributed by atoms with Crippen molar-refractivity contribution in [2.45, 2.75) is 13.3 Å². The fraction of sp³-hybridized carbons (Fsp3) is 0.333. The summed E-state index contributed by atoms with van der Waals surface area (Å²) in [6.07, 6.45) is 3.47. The van der Waals surface area contributed by atoms with Crippen LogP contribution in [0, 0.1) is 0 Å². The lowest BCUT2D eigenvalue weighted by molar-refractivity contribution is -0.143. The third-order valence-electron chi connectivity index (χ3n) is 2.50. The standard InChI is InChI=1S/C15H19NO4/c1-3-15(18)20-11-10-16-14(17)9-6-12-4-7-13(19-2)8-5-12/h4-9H,3,10-11H2,1-2H3,(H,16,17). The molecular weight excluding hydrogens is 258 g/mol. The summed E-state index contributed by atoms with van der Waals surface area (Å²) in [5.41, 5.74) is 0.901. The smallest absolute Gasteiger partial charge is 0.305 e. The van der Waals surface area contributed by atoms with Crippen LogP contribution in [0.2, 0.25) is 0 Å². The molecule has 5 nitrogen and oxygen atoms in total. The number of nitrogens with one attached hydrogen (secondary N) is 1. The van der Waals surface area contributed by atoms with Crippen LogP contribution >= 0.6 is 0 Å². The van der Waals surface area contributed by atoms with Gasteiger partial charge in [0.1, 0.15) is 12.4 Å². The van der Waals surface area contributed by atoms with Gasteiger partial charge in [0.05, 0.1) is 13.7 Å². The van der Waals surface area contributed by atoms with E-state index in [1.807, 2.05) is 24.3 Å². The van der Waals surface area contributed by atoms with E-state index in [-0.39, 0.29) is 18.5 Å². The Hall–Kier alpha value is -2.30. The van der Waals surface area contributed by atoms with E-state index in [1.165, 1.54) is 6.08 Å². The number of esters is 1. The summed E-state index contributed by atoms with van der Waals surface area (Å²) in [6.45, 7) is 2.21. The molecule has 0 radical (unpaired) electrons. The zero-order valence-corrected chi connectivity index (χ0v) is 11.7. The minimum Gasteiger partial charge on any atom is -0.497 e. The number of rotatable bonds is 7. The highest BCUT2D eigenvalue weighted by molar-refractivity contribution is 5.91. The highest BCUT2D eigenvalue weighted by atomic mass is 16.5. The topological polar surface area (TPSA) is 64.6 Å². The van der Waals surface area contributed by atoms with Gasteiger partial charge in [-0.2, -0.15) is 0 Å². The normalized spacial score (nSPS) is 10.3. The molecule has 0 aliphatic carbocycles. The minimum atomic E-state index is -0.270. The second kappa shape index (κ2) is 8.74. The van der Waals surface area contributed by atoms with Gasteiger partial charge in [0.15, 0.2) is 0 Å². The Bertz CT molecular complexity index is 465. The second-order valence-corrected chi connectivity index (χ2v) is 3.97. The maximum Gasteiger partial charge on any atom is 0.305 e. The number of hydrogen-bond donors (Lipinski definition) is 1. The van der Waals surface area contributed by atoms with Crippen LogP contribution in [0.25, 0.3) is 6.08 Å². The molecule has 0 aliphatic heterocycles. The first kappa shape index (κ1) is 15.8. The number of benzene rings is 1. The van der Waals surface area contributed by atoms with E-state index in [4.69, 9.17) is 9.47 Å². The molecule has 20 heavy (non-hydrogen) atoms. The summed E-state index contributed by atoms with van der Waals surface area (Å²) in [7, 11) is 1.60. The number of methoxy groups -OCH3 is 1. The Morgan fingerprint density at radius 3 is 2.55 bits per heavy atom. The summed E-state index contributed by atoms with van der Waals surface area (Å²) < 4.78 is 9.88. The van der Waals surface area contributed by atoms with Gasteiger partial charge in [-0.3, -0.25) is 9.59 Å². The third kappa shape index (κ3) is 6.04. The lowest BCUT2D eigenvalue weighted by Crippen LogP contribution is -2.26. The molecule has 1 N–H and O–H groups in total. The molecule has 0 unspecified atom stereocenters. The van der Waals surface area contributed by atoms with Crippen molar-refractivity contribution in [1.82, 2.24) is 5.32 Å². The highest BCUT2D eigenvalue weighted by Crippen LogP contribution is 2.12. The summed E-state index contributed by atoms with van der Waals surface area (Å²) in [5.74, 6) is 0.269. The average Bonchev–Trinajstić information content (AvgIpc) is 2.49. The summed E-state index contributed by atoms with van der Waals surface area (Å²) in [4.78, 5) is 22.4. The SMILES string of the molecule is CCC(=O)OCCNC(=O)C=Cc1ccc(OC)cc1. The number of carbonyl (C=O) groups is 2. The Kier molecular flexibility index (Phi) is 6.89. The van der Waals surface area contributed by atoms with Gasteiger partial charge in [0.2, 0.25) is 5.91 Å². The molecule has 0 atom stereocenters. The van der Waals surface area contributed by atoms with E-state index < -0.39 is 0 Å². The van der Waals surface area contributed by atoms with Crippen molar-refractivity contribution in [3.63, 3.8) is 0 Å². The quantitative estimate of drug-likeness (QED) is 0.469. The van der Waals surface area contributed by atoms with E-state index in [1.54, 1.807) is 20.1 Å². The van der Waals surface area contributed by atoms with E-state index >= 15 is 0 Å². The first-order valence-corrected chi connectivity index (χ1v) is 6.41. The molecular formula is C15H19NO4. The van der Waals surface area contributed by atoms with Crippen molar-refractivity contribution in [1.29, 1.82) is 0 Å². The van der Waals surface area contributed by atoms with E-state index in [0.29, 0.717) is 13.0 Å². The van der Waals surface area contributed by atoms with Crippen LogP contribution < -0.4 is 10.1 Å². The van der Waals surface area contributed by atoms with Crippen molar-refractivity contribution in [2.24, 2.45) is 0 Å². The van der Waals surface area contributed by atoms with Crippen molar-refractivity contribution in [2.75, 3.05) is 20.3 Å². The van der Waals surface area contributed by atoms with Crippen LogP contribution in [0.1, 0.15) is 18.9 Å². The Morgan fingerprint density at radius 1 is 1.25 bits per heavy atom. The average molecular weight is 277 g/mol. The van der Waals surface area contributed by atoms with Gasteiger partial charge in [-0.25, -0.2) is 0 Å². The number of amides is 1. The van der Waals surface area contributed by atoms with Gasteiger partial charge >= 0.3 is 5.97 Å². The van der Waals surface area contributed by atoms with Crippen LogP contribution in [0.3, 0.4) is 0 Å². The first-order valence-electron chi connectivity index (χ1n) is 6.41. The summed E-state index contributed by atoms with van der Waals surface area (Å²) >= 11 is 0. The van der Waals surface area contributed by atoms with Crippen molar-refractivity contribution < 1.29 is 19.1 Å². The van der Waals surface area contributed by atoms with Gasteiger partial charge < -0.3 is 14.8 Å². The first-order chi connectivity index (χ1) is 9.65. The lowest BCUT2D eigenvalue weighted by Gasteiger charge is -2.03. The van der Waals surface area contributed by atoms with Gasteiger partial charge in [0.25, 0.3) is 0 Å². The fourth-order valence-corrected chi connectivity index (χ4v) is 1.39. The van der Waals surface area contributed by atoms with E-state index in [2.05, 4.69) is 5.32 Å². The van der Waals surface area contributed by atoms with Crippen molar-refractivity contribution in [3.05, 3.63) is 35.9 Å². The molecule has 0 saturated heterocycles. The molecule has 1 aromatic rings. The molecule has 0 bridgehead atoms. The Morgan fingerprint density at radius 2 is 1.95 bits per heavy atom. The van der Waals surface area contributed by atoms with Crippen LogP contribution in [0.15, 0.2) is 30.3 Å². The molecule has 1 amide bonds. The lowest BCUT2D eigenvalue weighted by atomic mass is 10.2. The van der Waals surface area contributed by atoms with E-state index in [9.17, 15) is 9.59 Å². The van der Waals surface area contributed by atoms with Gasteiger partial charge in [0, 0.05) is 12.5 Å². The molecule has 1 rings (SSSR count). The van der Waals surface area contributed by atoms with Crippen LogP contribution in [0.4, 0.5) is 0 Å². The largest absolute Gasteiger partial charge is 0.497 e. The maximum absolute atomic E-state index is 11.5. The van der Waals surface area contributed by atoms with Gasteiger partial charge in [-0.05, 0) is 23.8 Å². The molecule has 0 fully saturated rings. The molecule has 1 aromatic carbocycles. The highest BCUT2D eigenvalue weighted by Gasteiger charge is 1.99. The van der Waals surface area contributed by atoms with Crippen LogP contribution in [-0.4, -0.2) is 32.1 Å². The second-order valence-electron chi connectivity index (χ2n) is 3.97. The summed E-state index contributed by atoms with van der Waals surface area (Å²) in [5, 5.41) is 2.63.